The fourth-order valence-electron chi connectivity index (χ4n) is 3.62. The molecule has 0 bridgehead atoms. The van der Waals surface area contributed by atoms with Crippen LogP contribution in [0.5, 0.6) is 5.75 Å². The van der Waals surface area contributed by atoms with E-state index in [1.165, 1.54) is 10.6 Å². The average molecular weight is 475 g/mol. The molecule has 0 aliphatic rings. The zero-order valence-electron chi connectivity index (χ0n) is 18.8. The normalized spacial score (nSPS) is 11.2. The van der Waals surface area contributed by atoms with Gasteiger partial charge in [-0.2, -0.15) is 0 Å². The second-order valence-electron chi connectivity index (χ2n) is 7.92. The van der Waals surface area contributed by atoms with Crippen LogP contribution in [0.1, 0.15) is 15.9 Å². The Hall–Kier alpha value is -3.84. The van der Waals surface area contributed by atoms with Gasteiger partial charge < -0.3 is 10.1 Å². The monoisotopic (exact) mass is 474 g/mol. The van der Waals surface area contributed by atoms with Gasteiger partial charge in [-0.25, -0.2) is 8.42 Å². The number of anilines is 1. The lowest BCUT2D eigenvalue weighted by Crippen LogP contribution is -2.30. The van der Waals surface area contributed by atoms with E-state index in [-0.39, 0.29) is 12.5 Å². The lowest BCUT2D eigenvalue weighted by atomic mass is 10.1. The number of carbonyl (C=O) groups excluding carboxylic acids is 1. The Kier molecular flexibility index (Phi) is 7.13. The summed E-state index contributed by atoms with van der Waals surface area (Å²) in [5.41, 5.74) is 1.83. The lowest BCUT2D eigenvalue weighted by Gasteiger charge is -2.22. The summed E-state index contributed by atoms with van der Waals surface area (Å²) in [6, 6.07) is 29.8. The molecule has 0 saturated heterocycles. The van der Waals surface area contributed by atoms with Gasteiger partial charge in [-0.3, -0.25) is 9.10 Å². The van der Waals surface area contributed by atoms with Crippen molar-refractivity contribution in [2.45, 2.75) is 6.54 Å². The molecule has 0 fully saturated rings. The van der Waals surface area contributed by atoms with Gasteiger partial charge in [0.05, 0.1) is 25.0 Å². The summed E-state index contributed by atoms with van der Waals surface area (Å²) >= 11 is 0. The van der Waals surface area contributed by atoms with E-state index in [0.29, 0.717) is 24.4 Å². The molecule has 1 N–H and O–H groups in total. The Balaban J connectivity index is 1.33. The minimum Gasteiger partial charge on any atom is -0.492 e. The Labute approximate surface area is 199 Å². The van der Waals surface area contributed by atoms with Gasteiger partial charge in [0, 0.05) is 5.56 Å². The summed E-state index contributed by atoms with van der Waals surface area (Å²) in [7, 11) is -3.49. The van der Waals surface area contributed by atoms with Gasteiger partial charge in [-0.1, -0.05) is 60.7 Å². The summed E-state index contributed by atoms with van der Waals surface area (Å²) in [6.45, 7) is 0.898. The third-order valence-corrected chi connectivity index (χ3v) is 6.50. The number of rotatable bonds is 9. The molecule has 0 unspecified atom stereocenters. The molecule has 0 radical (unpaired) electrons. The molecule has 0 spiro atoms. The maximum Gasteiger partial charge on any atom is 0.251 e. The van der Waals surface area contributed by atoms with Crippen LogP contribution >= 0.6 is 0 Å². The van der Waals surface area contributed by atoms with Crippen molar-refractivity contribution in [2.24, 2.45) is 0 Å². The predicted molar refractivity (Wildman–Crippen MR) is 136 cm³/mol. The lowest BCUT2D eigenvalue weighted by molar-refractivity contribution is 0.0947. The molecule has 7 heteroatoms. The highest BCUT2D eigenvalue weighted by Crippen LogP contribution is 2.22. The van der Waals surface area contributed by atoms with Crippen molar-refractivity contribution < 1.29 is 17.9 Å². The molecular weight excluding hydrogens is 448 g/mol. The summed E-state index contributed by atoms with van der Waals surface area (Å²) in [5, 5.41) is 5.07. The van der Waals surface area contributed by atoms with Crippen LogP contribution in [0.4, 0.5) is 5.69 Å². The average Bonchev–Trinajstić information content (AvgIpc) is 2.85. The number of nitrogens with one attached hydrogen (secondary N) is 1. The maximum absolute atomic E-state index is 12.5. The first-order valence-electron chi connectivity index (χ1n) is 10.9. The molecular formula is C27H26N2O4S. The molecule has 4 rings (SSSR count). The van der Waals surface area contributed by atoms with Gasteiger partial charge >= 0.3 is 0 Å². The maximum atomic E-state index is 12.5. The number of fused-ring (bicyclic) bond motifs is 1. The smallest absolute Gasteiger partial charge is 0.251 e. The zero-order chi connectivity index (χ0) is 24.0. The van der Waals surface area contributed by atoms with Gasteiger partial charge in [0.25, 0.3) is 5.91 Å². The summed E-state index contributed by atoms with van der Waals surface area (Å²) in [6.07, 6.45) is 1.17. The molecule has 0 aliphatic carbocycles. The van der Waals surface area contributed by atoms with E-state index in [1.54, 1.807) is 24.3 Å². The molecule has 0 atom stereocenters. The number of sulfonamides is 1. The molecule has 34 heavy (non-hydrogen) atoms. The third kappa shape index (κ3) is 5.94. The summed E-state index contributed by atoms with van der Waals surface area (Å²) in [5.74, 6) is 0.499. The van der Waals surface area contributed by atoms with Crippen LogP contribution in [0, 0.1) is 0 Å². The van der Waals surface area contributed by atoms with E-state index in [1.807, 2.05) is 72.8 Å². The van der Waals surface area contributed by atoms with E-state index >= 15 is 0 Å². The van der Waals surface area contributed by atoms with Crippen molar-refractivity contribution in [1.82, 2.24) is 5.32 Å². The first-order chi connectivity index (χ1) is 16.4. The van der Waals surface area contributed by atoms with Gasteiger partial charge in [-0.05, 0) is 52.7 Å². The van der Waals surface area contributed by atoms with Crippen molar-refractivity contribution in [3.8, 4) is 5.75 Å². The third-order valence-electron chi connectivity index (χ3n) is 5.36. The van der Waals surface area contributed by atoms with Crippen LogP contribution in [0.15, 0.2) is 97.1 Å². The minimum absolute atomic E-state index is 0.220. The zero-order valence-corrected chi connectivity index (χ0v) is 19.7. The van der Waals surface area contributed by atoms with Crippen LogP contribution in [0.25, 0.3) is 10.8 Å². The molecule has 0 aromatic heterocycles. The fraction of sp³-hybridized carbons (Fsp3) is 0.148. The van der Waals surface area contributed by atoms with Crippen LogP contribution in [0.3, 0.4) is 0 Å². The van der Waals surface area contributed by atoms with Gasteiger partial charge in [0.2, 0.25) is 10.0 Å². The number of benzene rings is 4. The summed E-state index contributed by atoms with van der Waals surface area (Å²) < 4.78 is 31.8. The SMILES string of the molecule is CS(=O)(=O)N(Cc1ccccc1)c1ccc(C(=O)NCCOc2ccc3ccccc3c2)cc1. The minimum atomic E-state index is -3.49. The first kappa shape index (κ1) is 23.3. The van der Waals surface area contributed by atoms with Crippen molar-refractivity contribution >= 4 is 32.4 Å². The highest BCUT2D eigenvalue weighted by molar-refractivity contribution is 7.92. The molecule has 6 nitrogen and oxygen atoms in total. The number of nitrogens with zero attached hydrogens (tertiary/aromatic N) is 1. The van der Waals surface area contributed by atoms with Crippen LogP contribution < -0.4 is 14.4 Å². The topological polar surface area (TPSA) is 75.7 Å². The van der Waals surface area contributed by atoms with E-state index in [9.17, 15) is 13.2 Å². The van der Waals surface area contributed by atoms with Gasteiger partial charge in [0.1, 0.15) is 12.4 Å². The molecule has 0 aliphatic heterocycles. The Bertz CT molecular complexity index is 1370. The summed E-state index contributed by atoms with van der Waals surface area (Å²) in [4.78, 5) is 12.5. The van der Waals surface area contributed by atoms with E-state index in [4.69, 9.17) is 4.74 Å². The van der Waals surface area contributed by atoms with E-state index < -0.39 is 10.0 Å². The van der Waals surface area contributed by atoms with Crippen molar-refractivity contribution in [2.75, 3.05) is 23.7 Å². The van der Waals surface area contributed by atoms with Crippen molar-refractivity contribution in [3.63, 3.8) is 0 Å². The number of hydrogen-bond acceptors (Lipinski definition) is 4. The van der Waals surface area contributed by atoms with Crippen LogP contribution in [-0.4, -0.2) is 33.7 Å². The highest BCUT2D eigenvalue weighted by Gasteiger charge is 2.18. The first-order valence-corrected chi connectivity index (χ1v) is 12.8. The van der Waals surface area contributed by atoms with Gasteiger partial charge in [-0.15, -0.1) is 0 Å². The van der Waals surface area contributed by atoms with Crippen LogP contribution in [0.2, 0.25) is 0 Å². The Morgan fingerprint density at radius 3 is 2.24 bits per heavy atom. The predicted octanol–water partition coefficient (Wildman–Crippen LogP) is 4.61. The largest absolute Gasteiger partial charge is 0.492 e. The number of ether oxygens (including phenoxy) is 1. The Morgan fingerprint density at radius 2 is 1.53 bits per heavy atom. The quantitative estimate of drug-likeness (QED) is 0.359. The number of amides is 1. The second kappa shape index (κ2) is 10.4. The van der Waals surface area contributed by atoms with E-state index in [0.717, 1.165) is 22.1 Å². The highest BCUT2D eigenvalue weighted by atomic mass is 32.2. The molecule has 4 aromatic rings. The Morgan fingerprint density at radius 1 is 0.853 bits per heavy atom. The molecule has 0 saturated carbocycles. The van der Waals surface area contributed by atoms with Crippen molar-refractivity contribution in [1.29, 1.82) is 0 Å². The second-order valence-corrected chi connectivity index (χ2v) is 9.82. The standard InChI is InChI=1S/C27H26N2O4S/c1-34(31,32)29(20-21-7-3-2-4-8-21)25-14-11-23(12-15-25)27(30)28-17-18-33-26-16-13-22-9-5-6-10-24(22)19-26/h2-16,19H,17-18,20H2,1H3,(H,28,30). The van der Waals surface area contributed by atoms with Gasteiger partial charge in [0.15, 0.2) is 0 Å². The molecule has 1 amide bonds. The number of carbonyl (C=O) groups is 1. The molecule has 4 aromatic carbocycles. The number of hydrogen-bond donors (Lipinski definition) is 1. The van der Waals surface area contributed by atoms with Crippen molar-refractivity contribution in [3.05, 3.63) is 108 Å². The van der Waals surface area contributed by atoms with E-state index in [2.05, 4.69) is 5.32 Å². The van der Waals surface area contributed by atoms with Crippen LogP contribution in [-0.2, 0) is 16.6 Å². The fourth-order valence-corrected chi connectivity index (χ4v) is 4.51. The molecule has 0 heterocycles. The molecule has 174 valence electrons.